The maximum absolute atomic E-state index is 13.8. The van der Waals surface area contributed by atoms with E-state index in [1.54, 1.807) is 18.9 Å². The number of hydrogen-bond acceptors (Lipinski definition) is 4. The lowest BCUT2D eigenvalue weighted by molar-refractivity contribution is -0.123. The molecule has 1 aliphatic carbocycles. The number of methoxy groups -OCH3 is 1. The van der Waals surface area contributed by atoms with Crippen molar-refractivity contribution in [2.24, 2.45) is 10.9 Å². The van der Waals surface area contributed by atoms with E-state index >= 15 is 0 Å². The van der Waals surface area contributed by atoms with Crippen LogP contribution in [-0.2, 0) is 9.59 Å². The van der Waals surface area contributed by atoms with Crippen LogP contribution in [0.2, 0.25) is 0 Å². The maximum atomic E-state index is 13.8. The van der Waals surface area contributed by atoms with Crippen molar-refractivity contribution in [1.29, 1.82) is 0 Å². The van der Waals surface area contributed by atoms with E-state index in [-0.39, 0.29) is 17.6 Å². The van der Waals surface area contributed by atoms with Crippen LogP contribution >= 0.6 is 0 Å². The van der Waals surface area contributed by atoms with Crippen molar-refractivity contribution in [1.82, 2.24) is 0 Å². The number of amides is 1. The minimum atomic E-state index is -0.506. The van der Waals surface area contributed by atoms with Crippen LogP contribution in [0.5, 0.6) is 5.75 Å². The van der Waals surface area contributed by atoms with Gasteiger partial charge in [0.15, 0.2) is 0 Å². The average molecular weight is 439 g/mol. The van der Waals surface area contributed by atoms with Crippen LogP contribution in [0.1, 0.15) is 42.9 Å². The number of para-hydroxylation sites is 2. The van der Waals surface area contributed by atoms with Crippen molar-refractivity contribution >= 4 is 28.8 Å². The Labute approximate surface area is 193 Å². The first-order valence-corrected chi connectivity index (χ1v) is 11.2. The highest BCUT2D eigenvalue weighted by atomic mass is 16.5. The van der Waals surface area contributed by atoms with Gasteiger partial charge in [-0.15, -0.1) is 0 Å². The summed E-state index contributed by atoms with van der Waals surface area (Å²) in [6, 6.07) is 25.0. The Morgan fingerprint density at radius 1 is 0.939 bits per heavy atom. The van der Waals surface area contributed by atoms with Crippen molar-refractivity contribution in [3.63, 3.8) is 0 Å². The maximum Gasteiger partial charge on any atom is 0.224 e. The third-order valence-electron chi connectivity index (χ3n) is 6.65. The summed E-state index contributed by atoms with van der Waals surface area (Å²) < 4.78 is 5.46. The van der Waals surface area contributed by atoms with Gasteiger partial charge < -0.3 is 9.64 Å². The minimum absolute atomic E-state index is 0.0794. The molecule has 0 radical (unpaired) electrons. The van der Waals surface area contributed by atoms with Crippen LogP contribution in [0.15, 0.2) is 83.9 Å². The predicted molar refractivity (Wildman–Crippen MR) is 129 cm³/mol. The summed E-state index contributed by atoms with van der Waals surface area (Å²) >= 11 is 0. The number of rotatable bonds is 3. The van der Waals surface area contributed by atoms with Gasteiger partial charge in [-0.25, -0.2) is 0 Å². The van der Waals surface area contributed by atoms with Gasteiger partial charge in [0.05, 0.1) is 30.4 Å². The highest BCUT2D eigenvalue weighted by molar-refractivity contribution is 6.13. The largest absolute Gasteiger partial charge is 0.497 e. The fourth-order valence-electron chi connectivity index (χ4n) is 5.19. The number of nitrogens with zero attached hydrogens (tertiary/aromatic N) is 2. The number of hydrogen-bond donors (Lipinski definition) is 0. The molecule has 166 valence electrons. The third kappa shape index (κ3) is 3.84. The molecule has 33 heavy (non-hydrogen) atoms. The quantitative estimate of drug-likeness (QED) is 0.532. The normalized spacial score (nSPS) is 22.0. The van der Waals surface area contributed by atoms with Crippen molar-refractivity contribution in [3.05, 3.63) is 90.0 Å². The molecule has 0 aromatic heterocycles. The fourth-order valence-corrected chi connectivity index (χ4v) is 5.19. The van der Waals surface area contributed by atoms with Gasteiger partial charge in [-0.2, -0.15) is 0 Å². The molecule has 3 aromatic carbocycles. The number of carbonyl (C=O) groups excluding carboxylic acids is 2. The van der Waals surface area contributed by atoms with Crippen LogP contribution in [0.4, 0.5) is 11.4 Å². The number of ketones is 1. The Bertz CT molecular complexity index is 1230. The first kappa shape index (κ1) is 21.1. The van der Waals surface area contributed by atoms with E-state index in [4.69, 9.17) is 9.73 Å². The Morgan fingerprint density at radius 3 is 2.42 bits per heavy atom. The summed E-state index contributed by atoms with van der Waals surface area (Å²) in [5.74, 6) is 0.256. The molecule has 1 amide bonds. The number of fused-ring (bicyclic) bond motifs is 2. The average Bonchev–Trinajstić information content (AvgIpc) is 2.99. The molecule has 5 nitrogen and oxygen atoms in total. The standard InChI is InChI=1S/C28H26N2O3/c1-18(31)30-25-14-7-6-13-23(25)29-24-16-21(19-9-4-3-5-10-19)17-26(32)27(24)28(30)20-11-8-12-22(15-20)33-2/h3-15,21,27-28H,16-17H2,1-2H3. The van der Waals surface area contributed by atoms with E-state index < -0.39 is 12.0 Å². The molecule has 1 heterocycles. The van der Waals surface area contributed by atoms with E-state index in [0.29, 0.717) is 18.6 Å². The molecule has 3 atom stereocenters. The molecule has 3 unspecified atom stereocenters. The highest BCUT2D eigenvalue weighted by Gasteiger charge is 2.45. The molecule has 0 bridgehead atoms. The molecule has 3 aromatic rings. The molecule has 1 aliphatic heterocycles. The van der Waals surface area contributed by atoms with Crippen molar-refractivity contribution in [3.8, 4) is 5.75 Å². The topological polar surface area (TPSA) is 59.0 Å². The Hall–Kier alpha value is -3.73. The van der Waals surface area contributed by atoms with Crippen LogP contribution in [0.25, 0.3) is 0 Å². The Kier molecular flexibility index (Phi) is 5.55. The second-order valence-electron chi connectivity index (χ2n) is 8.66. The molecule has 0 saturated heterocycles. The van der Waals surface area contributed by atoms with Crippen molar-refractivity contribution in [2.45, 2.75) is 31.7 Å². The van der Waals surface area contributed by atoms with Crippen LogP contribution < -0.4 is 9.64 Å². The highest BCUT2D eigenvalue weighted by Crippen LogP contribution is 2.47. The smallest absolute Gasteiger partial charge is 0.224 e. The molecule has 1 fully saturated rings. The number of aliphatic imine (C=N–C) groups is 1. The van der Waals surface area contributed by atoms with Crippen molar-refractivity contribution in [2.75, 3.05) is 12.0 Å². The SMILES string of the molecule is COc1cccc(C2C3C(=O)CC(c4ccccc4)CC3=Nc3ccccc3N2C(C)=O)c1. The second-order valence-corrected chi connectivity index (χ2v) is 8.66. The Morgan fingerprint density at radius 2 is 1.67 bits per heavy atom. The first-order chi connectivity index (χ1) is 16.1. The zero-order chi connectivity index (χ0) is 22.9. The van der Waals surface area contributed by atoms with Gasteiger partial charge in [-0.05, 0) is 47.7 Å². The fraction of sp³-hybridized carbons (Fsp3) is 0.250. The minimum Gasteiger partial charge on any atom is -0.497 e. The van der Waals surface area contributed by atoms with Gasteiger partial charge in [0.1, 0.15) is 11.5 Å². The third-order valence-corrected chi connectivity index (χ3v) is 6.65. The van der Waals surface area contributed by atoms with Gasteiger partial charge in [0, 0.05) is 19.1 Å². The van der Waals surface area contributed by atoms with Gasteiger partial charge in [0.2, 0.25) is 5.91 Å². The number of benzene rings is 3. The molecule has 0 spiro atoms. The number of anilines is 1. The van der Waals surface area contributed by atoms with E-state index in [1.165, 1.54) is 0 Å². The lowest BCUT2D eigenvalue weighted by Crippen LogP contribution is -2.45. The van der Waals surface area contributed by atoms with Crippen LogP contribution in [-0.4, -0.2) is 24.5 Å². The van der Waals surface area contributed by atoms with E-state index in [2.05, 4.69) is 12.1 Å². The summed E-state index contributed by atoms with van der Waals surface area (Å²) in [4.78, 5) is 33.6. The number of Topliss-reactive ketones (excluding diaryl/α,β-unsaturated/α-hetero) is 1. The van der Waals surface area contributed by atoms with E-state index in [0.717, 1.165) is 28.2 Å². The van der Waals surface area contributed by atoms with Crippen LogP contribution in [0, 0.1) is 5.92 Å². The molecule has 5 heteroatoms. The molecule has 2 aliphatic rings. The molecule has 0 N–H and O–H groups in total. The zero-order valence-electron chi connectivity index (χ0n) is 18.8. The van der Waals surface area contributed by atoms with Gasteiger partial charge >= 0.3 is 0 Å². The van der Waals surface area contributed by atoms with Gasteiger partial charge in [0.25, 0.3) is 0 Å². The molecular weight excluding hydrogens is 412 g/mol. The molecule has 1 saturated carbocycles. The Balaban J connectivity index is 1.69. The summed E-state index contributed by atoms with van der Waals surface area (Å²) in [5.41, 5.74) is 4.30. The lowest BCUT2D eigenvalue weighted by Gasteiger charge is -2.38. The van der Waals surface area contributed by atoms with Crippen LogP contribution in [0.3, 0.4) is 0 Å². The van der Waals surface area contributed by atoms with E-state index in [1.807, 2.05) is 66.7 Å². The predicted octanol–water partition coefficient (Wildman–Crippen LogP) is 5.64. The van der Waals surface area contributed by atoms with Gasteiger partial charge in [-0.1, -0.05) is 54.6 Å². The summed E-state index contributed by atoms with van der Waals surface area (Å²) in [6.45, 7) is 1.55. The number of ether oxygens (including phenoxy) is 1. The first-order valence-electron chi connectivity index (χ1n) is 11.2. The monoisotopic (exact) mass is 438 g/mol. The lowest BCUT2D eigenvalue weighted by atomic mass is 9.72. The second kappa shape index (κ2) is 8.66. The van der Waals surface area contributed by atoms with Crippen molar-refractivity contribution < 1.29 is 14.3 Å². The summed E-state index contributed by atoms with van der Waals surface area (Å²) in [7, 11) is 1.62. The molecule has 5 rings (SSSR count). The summed E-state index contributed by atoms with van der Waals surface area (Å²) in [5, 5.41) is 0. The number of carbonyl (C=O) groups is 2. The molecular formula is C28H26N2O3. The zero-order valence-corrected chi connectivity index (χ0v) is 18.8. The van der Waals surface area contributed by atoms with Gasteiger partial charge in [-0.3, -0.25) is 14.6 Å². The summed E-state index contributed by atoms with van der Waals surface area (Å²) in [6.07, 6.45) is 1.11. The van der Waals surface area contributed by atoms with E-state index in [9.17, 15) is 9.59 Å².